The number of halogens is 4. The lowest BCUT2D eigenvalue weighted by Gasteiger charge is -2.35. The normalized spacial score (nSPS) is 20.4. The van der Waals surface area contributed by atoms with E-state index in [4.69, 9.17) is 9.47 Å². The fourth-order valence-corrected chi connectivity index (χ4v) is 3.18. The van der Waals surface area contributed by atoms with Gasteiger partial charge >= 0.3 is 12.1 Å². The number of alkyl halides is 3. The molecule has 28 heavy (non-hydrogen) atoms. The third kappa shape index (κ3) is 6.67. The molecule has 1 aliphatic rings. The Balaban J connectivity index is 1.67. The van der Waals surface area contributed by atoms with E-state index in [9.17, 15) is 22.4 Å². The Bertz CT molecular complexity index is 639. The van der Waals surface area contributed by atoms with Gasteiger partial charge in [0.25, 0.3) is 0 Å². The van der Waals surface area contributed by atoms with E-state index < -0.39 is 17.6 Å². The zero-order valence-electron chi connectivity index (χ0n) is 16.4. The summed E-state index contributed by atoms with van der Waals surface area (Å²) in [6, 6.07) is 2.23. The predicted octanol–water partition coefficient (Wildman–Crippen LogP) is 6.15. The number of carbonyl (C=O) groups is 1. The Morgan fingerprint density at radius 3 is 2.54 bits per heavy atom. The van der Waals surface area contributed by atoms with Crippen molar-refractivity contribution in [3.8, 4) is 5.75 Å². The first-order valence-electron chi connectivity index (χ1n) is 9.90. The van der Waals surface area contributed by atoms with Gasteiger partial charge in [0.1, 0.15) is 6.10 Å². The van der Waals surface area contributed by atoms with Crippen molar-refractivity contribution < 1.29 is 31.8 Å². The highest BCUT2D eigenvalue weighted by Crippen LogP contribution is 2.34. The SMILES string of the molecule is CCCCCCC(C)C(=O)OC1CC(COc2ccc(C(F)(F)F)cc2F)C1. The van der Waals surface area contributed by atoms with Gasteiger partial charge in [0.05, 0.1) is 18.1 Å². The molecule has 1 aliphatic carbocycles. The molecule has 7 heteroatoms. The first-order chi connectivity index (χ1) is 13.2. The van der Waals surface area contributed by atoms with Crippen LogP contribution < -0.4 is 4.74 Å². The lowest BCUT2D eigenvalue weighted by Crippen LogP contribution is -2.37. The molecule has 0 radical (unpaired) electrons. The number of hydrogen-bond acceptors (Lipinski definition) is 3. The van der Waals surface area contributed by atoms with Crippen molar-refractivity contribution in [1.29, 1.82) is 0 Å². The quantitative estimate of drug-likeness (QED) is 0.266. The third-order valence-corrected chi connectivity index (χ3v) is 5.10. The Labute approximate surface area is 163 Å². The maximum absolute atomic E-state index is 13.7. The van der Waals surface area contributed by atoms with Gasteiger partial charge in [0, 0.05) is 0 Å². The number of ether oxygens (including phenoxy) is 2. The van der Waals surface area contributed by atoms with Gasteiger partial charge in [-0.05, 0) is 43.4 Å². The number of hydrogen-bond donors (Lipinski definition) is 0. The molecule has 1 saturated carbocycles. The van der Waals surface area contributed by atoms with E-state index in [1.165, 1.54) is 6.42 Å². The van der Waals surface area contributed by atoms with Crippen molar-refractivity contribution in [3.63, 3.8) is 0 Å². The molecule has 0 aliphatic heterocycles. The summed E-state index contributed by atoms with van der Waals surface area (Å²) in [5.74, 6) is -1.44. The second kappa shape index (κ2) is 10.1. The van der Waals surface area contributed by atoms with Gasteiger partial charge in [0.2, 0.25) is 0 Å². The Morgan fingerprint density at radius 2 is 1.93 bits per heavy atom. The molecule has 0 saturated heterocycles. The van der Waals surface area contributed by atoms with Crippen LogP contribution >= 0.6 is 0 Å². The van der Waals surface area contributed by atoms with Gasteiger partial charge in [-0.2, -0.15) is 13.2 Å². The van der Waals surface area contributed by atoms with Crippen LogP contribution in [0.2, 0.25) is 0 Å². The maximum Gasteiger partial charge on any atom is 0.416 e. The van der Waals surface area contributed by atoms with Crippen LogP contribution in [0.5, 0.6) is 5.75 Å². The van der Waals surface area contributed by atoms with E-state index in [1.807, 2.05) is 6.92 Å². The summed E-state index contributed by atoms with van der Waals surface area (Å²) >= 11 is 0. The number of esters is 1. The Morgan fingerprint density at radius 1 is 1.21 bits per heavy atom. The maximum atomic E-state index is 13.7. The second-order valence-corrected chi connectivity index (χ2v) is 7.60. The fourth-order valence-electron chi connectivity index (χ4n) is 3.18. The molecular weight excluding hydrogens is 376 g/mol. The molecule has 1 aromatic carbocycles. The molecule has 1 fully saturated rings. The highest BCUT2D eigenvalue weighted by atomic mass is 19.4. The minimum atomic E-state index is -4.59. The Kier molecular flexibility index (Phi) is 8.13. The zero-order chi connectivity index (χ0) is 20.7. The minimum Gasteiger partial charge on any atom is -0.490 e. The van der Waals surface area contributed by atoms with Gasteiger partial charge in [0.15, 0.2) is 11.6 Å². The van der Waals surface area contributed by atoms with Gasteiger partial charge < -0.3 is 9.47 Å². The molecule has 0 amide bonds. The standard InChI is InChI=1S/C21H28F4O3/c1-3-4-5-6-7-14(2)20(26)28-17-10-15(11-17)13-27-19-9-8-16(12-18(19)22)21(23,24)25/h8-9,12,14-15,17H,3-7,10-11,13H2,1-2H3. The summed E-state index contributed by atoms with van der Waals surface area (Å²) in [6.07, 6.45) is 1.79. The van der Waals surface area contributed by atoms with E-state index in [0.717, 1.165) is 37.8 Å². The summed E-state index contributed by atoms with van der Waals surface area (Å²) in [5, 5.41) is 0. The molecule has 0 aromatic heterocycles. The molecule has 0 spiro atoms. The first-order valence-corrected chi connectivity index (χ1v) is 9.90. The predicted molar refractivity (Wildman–Crippen MR) is 97.4 cm³/mol. The van der Waals surface area contributed by atoms with Gasteiger partial charge in [-0.1, -0.05) is 39.5 Å². The van der Waals surface area contributed by atoms with Crippen molar-refractivity contribution >= 4 is 5.97 Å². The Hall–Kier alpha value is -1.79. The molecule has 1 atom stereocenters. The summed E-state index contributed by atoms with van der Waals surface area (Å²) in [5.41, 5.74) is -1.04. The molecule has 3 nitrogen and oxygen atoms in total. The zero-order valence-corrected chi connectivity index (χ0v) is 16.4. The van der Waals surface area contributed by atoms with Crippen LogP contribution in [0.4, 0.5) is 17.6 Å². The van der Waals surface area contributed by atoms with E-state index in [2.05, 4.69) is 6.92 Å². The van der Waals surface area contributed by atoms with Crippen LogP contribution in [0, 0.1) is 17.7 Å². The molecular formula is C21H28F4O3. The van der Waals surface area contributed by atoms with Crippen LogP contribution in [0.3, 0.4) is 0 Å². The molecule has 1 aromatic rings. The number of benzene rings is 1. The molecule has 1 unspecified atom stereocenters. The van der Waals surface area contributed by atoms with Crippen molar-refractivity contribution in [2.75, 3.05) is 6.61 Å². The summed E-state index contributed by atoms with van der Waals surface area (Å²) in [4.78, 5) is 12.1. The monoisotopic (exact) mass is 404 g/mol. The average Bonchev–Trinajstić information content (AvgIpc) is 2.60. The van der Waals surface area contributed by atoms with E-state index in [-0.39, 0.29) is 36.3 Å². The van der Waals surface area contributed by atoms with Crippen LogP contribution in [0.25, 0.3) is 0 Å². The van der Waals surface area contributed by atoms with Crippen LogP contribution in [-0.2, 0) is 15.7 Å². The average molecular weight is 404 g/mol. The van der Waals surface area contributed by atoms with Crippen molar-refractivity contribution in [1.82, 2.24) is 0 Å². The highest BCUT2D eigenvalue weighted by molar-refractivity contribution is 5.72. The molecule has 2 rings (SSSR count). The number of unbranched alkanes of at least 4 members (excludes halogenated alkanes) is 3. The number of rotatable bonds is 10. The molecule has 0 heterocycles. The van der Waals surface area contributed by atoms with Crippen molar-refractivity contribution in [2.45, 2.75) is 71.1 Å². The largest absolute Gasteiger partial charge is 0.490 e. The summed E-state index contributed by atoms with van der Waals surface area (Å²) in [6.45, 7) is 4.20. The van der Waals surface area contributed by atoms with Gasteiger partial charge in [-0.3, -0.25) is 4.79 Å². The molecule has 158 valence electrons. The van der Waals surface area contributed by atoms with E-state index in [1.54, 1.807) is 0 Å². The van der Waals surface area contributed by atoms with Gasteiger partial charge in [-0.25, -0.2) is 4.39 Å². The highest BCUT2D eigenvalue weighted by Gasteiger charge is 2.34. The fraction of sp³-hybridized carbons (Fsp3) is 0.667. The van der Waals surface area contributed by atoms with Crippen LogP contribution in [0.1, 0.15) is 64.4 Å². The smallest absolute Gasteiger partial charge is 0.416 e. The minimum absolute atomic E-state index is 0.0966. The summed E-state index contributed by atoms with van der Waals surface area (Å²) < 4.78 is 62.1. The second-order valence-electron chi connectivity index (χ2n) is 7.60. The molecule has 0 N–H and O–H groups in total. The lowest BCUT2D eigenvalue weighted by atomic mass is 9.83. The van der Waals surface area contributed by atoms with Gasteiger partial charge in [-0.15, -0.1) is 0 Å². The van der Waals surface area contributed by atoms with Crippen molar-refractivity contribution in [2.24, 2.45) is 11.8 Å². The van der Waals surface area contributed by atoms with Crippen LogP contribution in [-0.4, -0.2) is 18.7 Å². The van der Waals surface area contributed by atoms with Crippen LogP contribution in [0.15, 0.2) is 18.2 Å². The topological polar surface area (TPSA) is 35.5 Å². The van der Waals surface area contributed by atoms with E-state index >= 15 is 0 Å². The lowest BCUT2D eigenvalue weighted by molar-refractivity contribution is -0.161. The van der Waals surface area contributed by atoms with Crippen molar-refractivity contribution in [3.05, 3.63) is 29.6 Å². The first kappa shape index (κ1) is 22.5. The third-order valence-electron chi connectivity index (χ3n) is 5.10. The summed E-state index contributed by atoms with van der Waals surface area (Å²) in [7, 11) is 0. The molecule has 0 bridgehead atoms. The van der Waals surface area contributed by atoms with E-state index in [0.29, 0.717) is 18.9 Å². The number of carbonyl (C=O) groups excluding carboxylic acids is 1.